The number of nitrogens with zero attached hydrogens (tertiary/aromatic N) is 3. The van der Waals surface area contributed by atoms with Crippen LogP contribution in [0.4, 0.5) is 0 Å². The molecule has 4 rings (SSSR count). The maximum atomic E-state index is 5.92. The fraction of sp³-hybridized carbons (Fsp3) is 0.368. The smallest absolute Gasteiger partial charge is 0.226 e. The van der Waals surface area contributed by atoms with E-state index >= 15 is 0 Å². The van der Waals surface area contributed by atoms with E-state index in [4.69, 9.17) is 14.1 Å². The fourth-order valence-corrected chi connectivity index (χ4v) is 4.13. The van der Waals surface area contributed by atoms with Gasteiger partial charge in [-0.25, -0.2) is 9.97 Å². The van der Waals surface area contributed by atoms with Crippen LogP contribution >= 0.6 is 11.3 Å². The molecule has 3 heterocycles. The molecule has 1 saturated heterocycles. The lowest BCUT2D eigenvalue weighted by Crippen LogP contribution is -2.23. The summed E-state index contributed by atoms with van der Waals surface area (Å²) in [6.45, 7) is 3.87. The molecule has 1 unspecified atom stereocenters. The molecule has 130 valence electrons. The van der Waals surface area contributed by atoms with Gasteiger partial charge in [-0.1, -0.05) is 0 Å². The van der Waals surface area contributed by atoms with E-state index in [2.05, 4.69) is 15.3 Å². The number of rotatable bonds is 5. The van der Waals surface area contributed by atoms with Crippen LogP contribution < -0.4 is 4.74 Å². The fourth-order valence-electron chi connectivity index (χ4n) is 3.32. The normalized spacial score (nSPS) is 17.9. The second kappa shape index (κ2) is 6.98. The van der Waals surface area contributed by atoms with Crippen LogP contribution in [0.25, 0.3) is 11.5 Å². The molecule has 1 aromatic carbocycles. The highest BCUT2D eigenvalue weighted by atomic mass is 32.1. The van der Waals surface area contributed by atoms with Crippen LogP contribution in [0.2, 0.25) is 0 Å². The lowest BCUT2D eigenvalue weighted by atomic mass is 10.2. The van der Waals surface area contributed by atoms with Gasteiger partial charge in [-0.15, -0.1) is 11.3 Å². The number of oxazole rings is 1. The molecular formula is C19H21N3O2S. The minimum absolute atomic E-state index is 0.403. The first kappa shape index (κ1) is 16.3. The van der Waals surface area contributed by atoms with Crippen molar-refractivity contribution in [2.75, 3.05) is 13.7 Å². The first-order valence-electron chi connectivity index (χ1n) is 8.49. The van der Waals surface area contributed by atoms with E-state index in [1.807, 2.05) is 37.4 Å². The number of likely N-dealkylation sites (tertiary alicyclic amines) is 1. The number of hydrogen-bond donors (Lipinski definition) is 0. The summed E-state index contributed by atoms with van der Waals surface area (Å²) in [5.74, 6) is 2.38. The Morgan fingerprint density at radius 1 is 1.32 bits per heavy atom. The molecular weight excluding hydrogens is 334 g/mol. The minimum Gasteiger partial charge on any atom is -0.497 e. The summed E-state index contributed by atoms with van der Waals surface area (Å²) in [6, 6.07) is 8.20. The molecule has 6 heteroatoms. The zero-order chi connectivity index (χ0) is 17.2. The number of methoxy groups -OCH3 is 1. The van der Waals surface area contributed by atoms with Gasteiger partial charge in [0.1, 0.15) is 16.5 Å². The summed E-state index contributed by atoms with van der Waals surface area (Å²) >= 11 is 1.74. The van der Waals surface area contributed by atoms with E-state index in [1.165, 1.54) is 11.4 Å². The van der Waals surface area contributed by atoms with Crippen molar-refractivity contribution in [3.8, 4) is 17.2 Å². The van der Waals surface area contributed by atoms with E-state index < -0.39 is 0 Å². The summed E-state index contributed by atoms with van der Waals surface area (Å²) in [5, 5.41) is 3.25. The number of hydrogen-bond acceptors (Lipinski definition) is 6. The van der Waals surface area contributed by atoms with Gasteiger partial charge in [-0.3, -0.25) is 4.90 Å². The first-order valence-corrected chi connectivity index (χ1v) is 9.36. The minimum atomic E-state index is 0.403. The molecule has 1 aliphatic rings. The van der Waals surface area contributed by atoms with Crippen molar-refractivity contribution >= 4 is 11.3 Å². The lowest BCUT2D eigenvalue weighted by Gasteiger charge is -2.21. The molecule has 1 atom stereocenters. The molecule has 25 heavy (non-hydrogen) atoms. The summed E-state index contributed by atoms with van der Waals surface area (Å²) < 4.78 is 11.1. The van der Waals surface area contributed by atoms with Gasteiger partial charge in [0.2, 0.25) is 5.89 Å². The average molecular weight is 355 g/mol. The second-order valence-corrected chi connectivity index (χ2v) is 7.18. The van der Waals surface area contributed by atoms with Crippen LogP contribution in [-0.4, -0.2) is 28.5 Å². The predicted octanol–water partition coefficient (Wildman–Crippen LogP) is 4.45. The Morgan fingerprint density at radius 3 is 2.88 bits per heavy atom. The third-order valence-corrected chi connectivity index (χ3v) is 5.56. The zero-order valence-corrected chi connectivity index (χ0v) is 15.3. The SMILES string of the molecule is COc1ccc(-c2nc(CN3CCCC3c3nccs3)c(C)o2)cc1. The quantitative estimate of drug-likeness (QED) is 0.677. The maximum Gasteiger partial charge on any atom is 0.226 e. The van der Waals surface area contributed by atoms with Crippen LogP contribution in [0.3, 0.4) is 0 Å². The molecule has 0 N–H and O–H groups in total. The first-order chi connectivity index (χ1) is 12.2. The number of thiazole rings is 1. The van der Waals surface area contributed by atoms with Crippen molar-refractivity contribution in [3.63, 3.8) is 0 Å². The van der Waals surface area contributed by atoms with Crippen LogP contribution in [-0.2, 0) is 6.54 Å². The topological polar surface area (TPSA) is 51.4 Å². The average Bonchev–Trinajstić information content (AvgIpc) is 3.37. The number of aryl methyl sites for hydroxylation is 1. The van der Waals surface area contributed by atoms with Crippen molar-refractivity contribution in [3.05, 3.63) is 52.3 Å². The van der Waals surface area contributed by atoms with Crippen LogP contribution in [0, 0.1) is 6.92 Å². The third kappa shape index (κ3) is 3.32. The van der Waals surface area contributed by atoms with Gasteiger partial charge in [0.05, 0.1) is 18.8 Å². The van der Waals surface area contributed by atoms with Gasteiger partial charge in [-0.2, -0.15) is 0 Å². The molecule has 1 fully saturated rings. The molecule has 0 spiro atoms. The summed E-state index contributed by atoms with van der Waals surface area (Å²) in [7, 11) is 1.66. The monoisotopic (exact) mass is 355 g/mol. The van der Waals surface area contributed by atoms with Gasteiger partial charge in [-0.05, 0) is 50.6 Å². The van der Waals surface area contributed by atoms with Crippen molar-refractivity contribution in [1.29, 1.82) is 0 Å². The summed E-state index contributed by atoms with van der Waals surface area (Å²) in [6.07, 6.45) is 4.25. The highest BCUT2D eigenvalue weighted by Crippen LogP contribution is 2.35. The highest BCUT2D eigenvalue weighted by Gasteiger charge is 2.29. The molecule has 1 aliphatic heterocycles. The van der Waals surface area contributed by atoms with Gasteiger partial charge < -0.3 is 9.15 Å². The van der Waals surface area contributed by atoms with E-state index in [1.54, 1.807) is 18.4 Å². The summed E-state index contributed by atoms with van der Waals surface area (Å²) in [5.41, 5.74) is 1.97. The molecule has 3 aromatic rings. The van der Waals surface area contributed by atoms with E-state index in [-0.39, 0.29) is 0 Å². The Balaban J connectivity index is 1.54. The maximum absolute atomic E-state index is 5.92. The Bertz CT molecular complexity index is 827. The van der Waals surface area contributed by atoms with E-state index in [0.29, 0.717) is 11.9 Å². The Morgan fingerprint density at radius 2 is 2.16 bits per heavy atom. The number of aromatic nitrogens is 2. The zero-order valence-electron chi connectivity index (χ0n) is 14.4. The van der Waals surface area contributed by atoms with Crippen molar-refractivity contribution in [1.82, 2.24) is 14.9 Å². The van der Waals surface area contributed by atoms with Crippen molar-refractivity contribution in [2.45, 2.75) is 32.4 Å². The Labute approximate surface area is 151 Å². The molecule has 0 amide bonds. The molecule has 0 radical (unpaired) electrons. The molecule has 0 aliphatic carbocycles. The molecule has 0 saturated carbocycles. The largest absolute Gasteiger partial charge is 0.497 e. The van der Waals surface area contributed by atoms with E-state index in [9.17, 15) is 0 Å². The predicted molar refractivity (Wildman–Crippen MR) is 97.7 cm³/mol. The Kier molecular flexibility index (Phi) is 4.55. The van der Waals surface area contributed by atoms with Crippen LogP contribution in [0.5, 0.6) is 5.75 Å². The van der Waals surface area contributed by atoms with Crippen LogP contribution in [0.1, 0.15) is 35.3 Å². The van der Waals surface area contributed by atoms with Gasteiger partial charge in [0.15, 0.2) is 0 Å². The van der Waals surface area contributed by atoms with Crippen molar-refractivity contribution in [2.24, 2.45) is 0 Å². The standard InChI is InChI=1S/C19H21N3O2S/c1-13-16(12-22-10-3-4-17(22)19-20-9-11-25-19)21-18(24-13)14-5-7-15(23-2)8-6-14/h5-9,11,17H,3-4,10,12H2,1-2H3. The number of benzene rings is 1. The third-order valence-electron chi connectivity index (χ3n) is 4.68. The Hall–Kier alpha value is -2.18. The number of ether oxygens (including phenoxy) is 1. The van der Waals surface area contributed by atoms with Gasteiger partial charge >= 0.3 is 0 Å². The lowest BCUT2D eigenvalue weighted by molar-refractivity contribution is 0.244. The van der Waals surface area contributed by atoms with Crippen LogP contribution in [0.15, 0.2) is 40.3 Å². The summed E-state index contributed by atoms with van der Waals surface area (Å²) in [4.78, 5) is 11.7. The highest BCUT2D eigenvalue weighted by molar-refractivity contribution is 7.09. The van der Waals surface area contributed by atoms with E-state index in [0.717, 1.165) is 42.3 Å². The second-order valence-electron chi connectivity index (χ2n) is 6.25. The van der Waals surface area contributed by atoms with Gasteiger partial charge in [0.25, 0.3) is 0 Å². The molecule has 2 aromatic heterocycles. The molecule has 5 nitrogen and oxygen atoms in total. The van der Waals surface area contributed by atoms with Gasteiger partial charge in [0, 0.05) is 23.7 Å². The molecule has 0 bridgehead atoms. The van der Waals surface area contributed by atoms with Crippen molar-refractivity contribution < 1.29 is 9.15 Å².